The van der Waals surface area contributed by atoms with Gasteiger partial charge in [0.1, 0.15) is 0 Å². The quantitative estimate of drug-likeness (QED) is 0.600. The summed E-state index contributed by atoms with van der Waals surface area (Å²) in [6.07, 6.45) is 8.36. The number of aryl methyl sites for hydroxylation is 1. The zero-order valence-electron chi connectivity index (χ0n) is 12.5. The Kier molecular flexibility index (Phi) is 6.21. The lowest BCUT2D eigenvalue weighted by Gasteiger charge is -2.11. The van der Waals surface area contributed by atoms with E-state index in [0.717, 1.165) is 43.6 Å². The van der Waals surface area contributed by atoms with Crippen LogP contribution in [0.5, 0.6) is 0 Å². The first-order valence-electron chi connectivity index (χ1n) is 7.17. The number of thiazole rings is 1. The van der Waals surface area contributed by atoms with Gasteiger partial charge < -0.3 is 15.2 Å². The summed E-state index contributed by atoms with van der Waals surface area (Å²) in [4.78, 5) is 14.2. The molecule has 21 heavy (non-hydrogen) atoms. The Balaban J connectivity index is 1.75. The van der Waals surface area contributed by atoms with Crippen LogP contribution in [-0.2, 0) is 13.0 Å². The average molecular weight is 306 g/mol. The van der Waals surface area contributed by atoms with Crippen molar-refractivity contribution >= 4 is 17.3 Å². The molecule has 114 valence electrons. The van der Waals surface area contributed by atoms with Crippen LogP contribution < -0.4 is 10.6 Å². The molecule has 0 unspecified atom stereocenters. The molecule has 0 bridgehead atoms. The van der Waals surface area contributed by atoms with E-state index < -0.39 is 0 Å². The van der Waals surface area contributed by atoms with E-state index >= 15 is 0 Å². The largest absolute Gasteiger partial charge is 0.357 e. The Hall–Kier alpha value is -1.89. The zero-order valence-corrected chi connectivity index (χ0v) is 13.4. The normalized spacial score (nSPS) is 11.6. The highest BCUT2D eigenvalue weighted by Crippen LogP contribution is 2.11. The Morgan fingerprint density at radius 1 is 1.43 bits per heavy atom. The van der Waals surface area contributed by atoms with Crippen LogP contribution in [0.25, 0.3) is 0 Å². The molecule has 0 amide bonds. The molecule has 2 rings (SSSR count). The van der Waals surface area contributed by atoms with E-state index in [-0.39, 0.29) is 0 Å². The van der Waals surface area contributed by atoms with Crippen molar-refractivity contribution in [3.05, 3.63) is 34.8 Å². The molecule has 0 saturated heterocycles. The molecule has 7 heteroatoms. The van der Waals surface area contributed by atoms with Gasteiger partial charge in [-0.2, -0.15) is 0 Å². The Bertz CT molecular complexity index is 546. The highest BCUT2D eigenvalue weighted by Gasteiger charge is 2.00. The standard InChI is InChI=1S/C14H22N6S/c1-3-16-14(18-7-9-20-8-6-15-11-20)17-5-4-13-19-10-12(2)21-13/h6,8,10-11H,3-5,7,9H2,1-2H3,(H2,16,17,18). The van der Waals surface area contributed by atoms with Crippen LogP contribution in [0.4, 0.5) is 0 Å². The molecule has 0 fully saturated rings. The van der Waals surface area contributed by atoms with Crippen LogP contribution in [0.2, 0.25) is 0 Å². The minimum atomic E-state index is 0.743. The smallest absolute Gasteiger partial charge is 0.191 e. The van der Waals surface area contributed by atoms with Crippen molar-refractivity contribution in [1.82, 2.24) is 25.2 Å². The second-order valence-electron chi connectivity index (χ2n) is 4.60. The van der Waals surface area contributed by atoms with Gasteiger partial charge in [0.25, 0.3) is 0 Å². The third-order valence-electron chi connectivity index (χ3n) is 2.83. The summed E-state index contributed by atoms with van der Waals surface area (Å²) in [6, 6.07) is 0. The second kappa shape index (κ2) is 8.41. The highest BCUT2D eigenvalue weighted by atomic mass is 32.1. The lowest BCUT2D eigenvalue weighted by Crippen LogP contribution is -2.39. The molecular formula is C14H22N6S. The molecule has 6 nitrogen and oxygen atoms in total. The number of aliphatic imine (C=N–C) groups is 1. The topological polar surface area (TPSA) is 67.1 Å². The number of aromatic nitrogens is 3. The third-order valence-corrected chi connectivity index (χ3v) is 3.80. The van der Waals surface area contributed by atoms with Crippen molar-refractivity contribution in [1.29, 1.82) is 0 Å². The highest BCUT2D eigenvalue weighted by molar-refractivity contribution is 7.11. The molecular weight excluding hydrogens is 284 g/mol. The number of rotatable bonds is 7. The first-order chi connectivity index (χ1) is 10.3. The number of hydrogen-bond donors (Lipinski definition) is 2. The molecule has 0 aromatic carbocycles. The van der Waals surface area contributed by atoms with Crippen molar-refractivity contribution in [3.63, 3.8) is 0 Å². The lowest BCUT2D eigenvalue weighted by molar-refractivity contribution is 0.662. The third kappa shape index (κ3) is 5.55. The summed E-state index contributed by atoms with van der Waals surface area (Å²) in [6.45, 7) is 7.43. The number of nitrogens with zero attached hydrogens (tertiary/aromatic N) is 4. The van der Waals surface area contributed by atoms with Gasteiger partial charge in [0.05, 0.1) is 11.3 Å². The van der Waals surface area contributed by atoms with E-state index in [1.54, 1.807) is 17.5 Å². The van der Waals surface area contributed by atoms with Crippen molar-refractivity contribution < 1.29 is 0 Å². The fraction of sp³-hybridized carbons (Fsp3) is 0.500. The fourth-order valence-electron chi connectivity index (χ4n) is 1.84. The first kappa shape index (κ1) is 15.5. The van der Waals surface area contributed by atoms with Gasteiger partial charge in [0.2, 0.25) is 0 Å². The maximum atomic E-state index is 4.57. The zero-order chi connectivity index (χ0) is 14.9. The molecule has 0 aliphatic carbocycles. The predicted molar refractivity (Wildman–Crippen MR) is 86.8 cm³/mol. The lowest BCUT2D eigenvalue weighted by atomic mass is 10.4. The molecule has 0 radical (unpaired) electrons. The Morgan fingerprint density at radius 3 is 3.00 bits per heavy atom. The SMILES string of the molecule is CCNC(=NCCc1ncc(C)s1)NCCn1ccnc1. The van der Waals surface area contributed by atoms with Crippen molar-refractivity contribution in [2.45, 2.75) is 26.8 Å². The average Bonchev–Trinajstić information content (AvgIpc) is 3.11. The number of guanidine groups is 1. The van der Waals surface area contributed by atoms with Crippen LogP contribution in [0.3, 0.4) is 0 Å². The summed E-state index contributed by atoms with van der Waals surface area (Å²) < 4.78 is 2.04. The Labute approximate surface area is 129 Å². The van der Waals surface area contributed by atoms with Crippen LogP contribution in [-0.4, -0.2) is 40.1 Å². The number of nitrogens with one attached hydrogen (secondary N) is 2. The van der Waals surface area contributed by atoms with Gasteiger partial charge in [0.15, 0.2) is 5.96 Å². The van der Waals surface area contributed by atoms with Gasteiger partial charge in [0, 0.05) is 56.1 Å². The van der Waals surface area contributed by atoms with Gasteiger partial charge in [-0.1, -0.05) is 0 Å². The molecule has 2 aromatic rings. The minimum absolute atomic E-state index is 0.743. The minimum Gasteiger partial charge on any atom is -0.357 e. The van der Waals surface area contributed by atoms with Crippen molar-refractivity contribution in [2.24, 2.45) is 4.99 Å². The molecule has 0 atom stereocenters. The van der Waals surface area contributed by atoms with Gasteiger partial charge in [-0.15, -0.1) is 11.3 Å². The van der Waals surface area contributed by atoms with Crippen LogP contribution in [0.15, 0.2) is 29.9 Å². The number of hydrogen-bond acceptors (Lipinski definition) is 4. The van der Waals surface area contributed by atoms with Gasteiger partial charge in [-0.25, -0.2) is 9.97 Å². The maximum Gasteiger partial charge on any atom is 0.191 e. The van der Waals surface area contributed by atoms with E-state index in [2.05, 4.69) is 39.4 Å². The predicted octanol–water partition coefficient (Wildman–Crippen LogP) is 1.45. The number of imidazole rings is 1. The van der Waals surface area contributed by atoms with E-state index in [9.17, 15) is 0 Å². The van der Waals surface area contributed by atoms with E-state index in [0.29, 0.717) is 0 Å². The molecule has 0 spiro atoms. The van der Waals surface area contributed by atoms with Gasteiger partial charge in [-0.3, -0.25) is 4.99 Å². The summed E-state index contributed by atoms with van der Waals surface area (Å²) in [7, 11) is 0. The summed E-state index contributed by atoms with van der Waals surface area (Å²) in [5.41, 5.74) is 0. The van der Waals surface area contributed by atoms with Crippen molar-refractivity contribution in [2.75, 3.05) is 19.6 Å². The van der Waals surface area contributed by atoms with Gasteiger partial charge in [-0.05, 0) is 13.8 Å². The Morgan fingerprint density at radius 2 is 2.33 bits per heavy atom. The van der Waals surface area contributed by atoms with E-state index in [1.165, 1.54) is 4.88 Å². The van der Waals surface area contributed by atoms with Crippen LogP contribution >= 0.6 is 11.3 Å². The fourth-order valence-corrected chi connectivity index (χ4v) is 2.62. The molecule has 0 saturated carbocycles. The first-order valence-corrected chi connectivity index (χ1v) is 7.99. The van der Waals surface area contributed by atoms with E-state index in [4.69, 9.17) is 0 Å². The van der Waals surface area contributed by atoms with Crippen LogP contribution in [0.1, 0.15) is 16.8 Å². The van der Waals surface area contributed by atoms with Gasteiger partial charge >= 0.3 is 0 Å². The van der Waals surface area contributed by atoms with Crippen LogP contribution in [0, 0.1) is 6.92 Å². The summed E-state index contributed by atoms with van der Waals surface area (Å²) >= 11 is 1.74. The molecule has 0 aliphatic heterocycles. The summed E-state index contributed by atoms with van der Waals surface area (Å²) in [5, 5.41) is 7.72. The second-order valence-corrected chi connectivity index (χ2v) is 5.92. The molecule has 0 aliphatic rings. The molecule has 2 N–H and O–H groups in total. The summed E-state index contributed by atoms with van der Waals surface area (Å²) in [5.74, 6) is 0.853. The van der Waals surface area contributed by atoms with Crippen molar-refractivity contribution in [3.8, 4) is 0 Å². The van der Waals surface area contributed by atoms with E-state index in [1.807, 2.05) is 23.3 Å². The monoisotopic (exact) mass is 306 g/mol. The molecule has 2 aromatic heterocycles. The maximum absolute atomic E-state index is 4.57. The molecule has 2 heterocycles.